The average molecular weight is 212 g/mol. The van der Waals surface area contributed by atoms with Crippen LogP contribution in [0, 0.1) is 6.92 Å². The van der Waals surface area contributed by atoms with Gasteiger partial charge in [0.2, 0.25) is 5.89 Å². The zero-order valence-corrected chi connectivity index (χ0v) is 10.1. The Morgan fingerprint density at radius 1 is 1.40 bits per heavy atom. The topological polar surface area (TPSA) is 47.3 Å². The number of rotatable bonds is 5. The van der Waals surface area contributed by atoms with E-state index in [1.54, 1.807) is 13.3 Å². The van der Waals surface area contributed by atoms with E-state index >= 15 is 0 Å². The van der Waals surface area contributed by atoms with Crippen molar-refractivity contribution in [3.8, 4) is 0 Å². The highest BCUT2D eigenvalue weighted by Gasteiger charge is 2.17. The van der Waals surface area contributed by atoms with Crippen molar-refractivity contribution in [3.05, 3.63) is 17.8 Å². The van der Waals surface area contributed by atoms with Gasteiger partial charge >= 0.3 is 0 Å². The molecule has 86 valence electrons. The monoisotopic (exact) mass is 212 g/mol. The van der Waals surface area contributed by atoms with Crippen LogP contribution in [0.3, 0.4) is 0 Å². The van der Waals surface area contributed by atoms with Crippen LogP contribution in [0.5, 0.6) is 0 Å². The Hall–Kier alpha value is -0.870. The van der Waals surface area contributed by atoms with Gasteiger partial charge in [0.15, 0.2) is 0 Å². The lowest BCUT2D eigenvalue weighted by atomic mass is 10.2. The molecule has 1 rings (SSSR count). The van der Waals surface area contributed by atoms with Gasteiger partial charge in [-0.2, -0.15) is 0 Å². The predicted molar refractivity (Wildman–Crippen MR) is 58.7 cm³/mol. The lowest BCUT2D eigenvalue weighted by Crippen LogP contribution is -2.38. The molecule has 0 aliphatic carbocycles. The van der Waals surface area contributed by atoms with Crippen molar-refractivity contribution in [1.82, 2.24) is 10.3 Å². The zero-order valence-electron chi connectivity index (χ0n) is 10.1. The van der Waals surface area contributed by atoms with E-state index in [4.69, 9.17) is 9.15 Å². The van der Waals surface area contributed by atoms with Crippen LogP contribution in [0.25, 0.3) is 0 Å². The molecule has 1 aromatic heterocycles. The highest BCUT2D eigenvalue weighted by atomic mass is 16.5. The number of ether oxygens (including phenoxy) is 1. The summed E-state index contributed by atoms with van der Waals surface area (Å²) >= 11 is 0. The number of nitrogens with one attached hydrogen (secondary N) is 1. The van der Waals surface area contributed by atoms with Crippen molar-refractivity contribution in [2.45, 2.75) is 45.9 Å². The summed E-state index contributed by atoms with van der Waals surface area (Å²) in [5.74, 6) is 1.56. The molecule has 0 aliphatic rings. The third-order valence-corrected chi connectivity index (χ3v) is 2.60. The molecule has 15 heavy (non-hydrogen) atoms. The van der Waals surface area contributed by atoms with E-state index in [0.29, 0.717) is 0 Å². The van der Waals surface area contributed by atoms with E-state index in [9.17, 15) is 0 Å². The summed E-state index contributed by atoms with van der Waals surface area (Å²) in [6, 6.07) is 0.364. The number of hydrogen-bond acceptors (Lipinski definition) is 4. The Bertz CT molecular complexity index is 299. The first kappa shape index (κ1) is 12.2. The number of aryl methyl sites for hydroxylation is 1. The molecule has 4 heteroatoms. The van der Waals surface area contributed by atoms with Crippen molar-refractivity contribution in [3.63, 3.8) is 0 Å². The lowest BCUT2D eigenvalue weighted by Gasteiger charge is -2.22. The van der Waals surface area contributed by atoms with Crippen molar-refractivity contribution in [2.75, 3.05) is 7.11 Å². The molecule has 3 atom stereocenters. The molecular formula is C11H20N2O2. The number of aromatic nitrogens is 1. The molecule has 3 unspecified atom stereocenters. The lowest BCUT2D eigenvalue weighted by molar-refractivity contribution is 0.0838. The first-order chi connectivity index (χ1) is 7.04. The average Bonchev–Trinajstić information content (AvgIpc) is 2.63. The summed E-state index contributed by atoms with van der Waals surface area (Å²) in [5.41, 5.74) is 0. The van der Waals surface area contributed by atoms with E-state index in [1.807, 2.05) is 20.8 Å². The molecule has 1 N–H and O–H groups in total. The van der Waals surface area contributed by atoms with Crippen molar-refractivity contribution < 1.29 is 9.15 Å². The normalized spacial score (nSPS) is 17.4. The van der Waals surface area contributed by atoms with Gasteiger partial charge in [-0.05, 0) is 27.7 Å². The van der Waals surface area contributed by atoms with Gasteiger partial charge in [0.1, 0.15) is 5.76 Å². The molecule has 0 fully saturated rings. The van der Waals surface area contributed by atoms with Crippen LogP contribution in [0.1, 0.15) is 38.5 Å². The number of oxazole rings is 1. The fourth-order valence-corrected chi connectivity index (χ4v) is 1.38. The Kier molecular flexibility index (Phi) is 4.29. The number of methoxy groups -OCH3 is 1. The molecule has 0 aromatic carbocycles. The van der Waals surface area contributed by atoms with Crippen LogP contribution in [0.2, 0.25) is 0 Å². The van der Waals surface area contributed by atoms with Crippen LogP contribution in [-0.2, 0) is 4.74 Å². The van der Waals surface area contributed by atoms with Gasteiger partial charge < -0.3 is 14.5 Å². The van der Waals surface area contributed by atoms with E-state index < -0.39 is 0 Å². The van der Waals surface area contributed by atoms with Crippen molar-refractivity contribution in [2.24, 2.45) is 0 Å². The highest BCUT2D eigenvalue weighted by Crippen LogP contribution is 2.13. The van der Waals surface area contributed by atoms with Crippen molar-refractivity contribution in [1.29, 1.82) is 0 Å². The molecule has 1 heterocycles. The molecule has 0 spiro atoms. The molecule has 4 nitrogen and oxygen atoms in total. The minimum Gasteiger partial charge on any atom is -0.444 e. The molecule has 1 aromatic rings. The van der Waals surface area contributed by atoms with E-state index in [1.165, 1.54) is 0 Å². The van der Waals surface area contributed by atoms with Gasteiger partial charge in [0.25, 0.3) is 0 Å². The standard InChI is InChI=1S/C11H20N2O2/c1-7-6-12-11(15-7)9(3)13-8(2)10(4)14-5/h6,8-10,13H,1-5H3. The van der Waals surface area contributed by atoms with Gasteiger partial charge in [-0.1, -0.05) is 0 Å². The first-order valence-electron chi connectivity index (χ1n) is 5.25. The maximum Gasteiger partial charge on any atom is 0.211 e. The van der Waals surface area contributed by atoms with Gasteiger partial charge in [0, 0.05) is 13.2 Å². The molecule has 0 radical (unpaired) electrons. The maximum absolute atomic E-state index is 5.45. The van der Waals surface area contributed by atoms with Gasteiger partial charge in [0.05, 0.1) is 18.3 Å². The number of hydrogen-bond donors (Lipinski definition) is 1. The van der Waals surface area contributed by atoms with Crippen LogP contribution >= 0.6 is 0 Å². The van der Waals surface area contributed by atoms with Gasteiger partial charge in [-0.25, -0.2) is 4.98 Å². The second kappa shape index (κ2) is 5.28. The third kappa shape index (κ3) is 3.32. The number of nitrogens with zero attached hydrogens (tertiary/aromatic N) is 1. The largest absolute Gasteiger partial charge is 0.444 e. The SMILES string of the molecule is COC(C)C(C)NC(C)c1ncc(C)o1. The Labute approximate surface area is 91.0 Å². The van der Waals surface area contributed by atoms with Crippen LogP contribution < -0.4 is 5.32 Å². The first-order valence-corrected chi connectivity index (χ1v) is 5.25. The van der Waals surface area contributed by atoms with E-state index in [0.717, 1.165) is 11.7 Å². The smallest absolute Gasteiger partial charge is 0.211 e. The Morgan fingerprint density at radius 3 is 2.53 bits per heavy atom. The second-order valence-electron chi connectivity index (χ2n) is 3.93. The molecule has 0 saturated carbocycles. The quantitative estimate of drug-likeness (QED) is 0.811. The molecule has 0 aliphatic heterocycles. The Balaban J connectivity index is 2.52. The van der Waals surface area contributed by atoms with Crippen LogP contribution in [0.4, 0.5) is 0 Å². The summed E-state index contributed by atoms with van der Waals surface area (Å²) in [6.07, 6.45) is 1.90. The van der Waals surface area contributed by atoms with Gasteiger partial charge in [-0.3, -0.25) is 0 Å². The summed E-state index contributed by atoms with van der Waals surface area (Å²) in [5, 5.41) is 3.38. The van der Waals surface area contributed by atoms with Crippen LogP contribution in [-0.4, -0.2) is 24.2 Å². The molecule has 0 bridgehead atoms. The highest BCUT2D eigenvalue weighted by molar-refractivity contribution is 4.95. The summed E-state index contributed by atoms with van der Waals surface area (Å²) < 4.78 is 10.7. The summed E-state index contributed by atoms with van der Waals surface area (Å²) in [4.78, 5) is 4.18. The van der Waals surface area contributed by atoms with E-state index in [2.05, 4.69) is 17.2 Å². The zero-order chi connectivity index (χ0) is 11.4. The summed E-state index contributed by atoms with van der Waals surface area (Å²) in [6.45, 7) is 8.04. The minimum absolute atomic E-state index is 0.103. The minimum atomic E-state index is 0.103. The third-order valence-electron chi connectivity index (χ3n) is 2.60. The fourth-order valence-electron chi connectivity index (χ4n) is 1.38. The van der Waals surface area contributed by atoms with E-state index in [-0.39, 0.29) is 18.2 Å². The molecule has 0 amide bonds. The maximum atomic E-state index is 5.45. The Morgan fingerprint density at radius 2 is 2.07 bits per heavy atom. The molecular weight excluding hydrogens is 192 g/mol. The summed E-state index contributed by atoms with van der Waals surface area (Å²) in [7, 11) is 1.71. The van der Waals surface area contributed by atoms with Crippen LogP contribution in [0.15, 0.2) is 10.6 Å². The second-order valence-corrected chi connectivity index (χ2v) is 3.93. The molecule has 0 saturated heterocycles. The fraction of sp³-hybridized carbons (Fsp3) is 0.727. The van der Waals surface area contributed by atoms with Gasteiger partial charge in [-0.15, -0.1) is 0 Å². The van der Waals surface area contributed by atoms with Crippen molar-refractivity contribution >= 4 is 0 Å². The predicted octanol–water partition coefficient (Wildman–Crippen LogP) is 2.06.